The first-order valence-corrected chi connectivity index (χ1v) is 9.35. The molecule has 0 aliphatic carbocycles. The van der Waals surface area contributed by atoms with Gasteiger partial charge in [-0.2, -0.15) is 5.10 Å². The lowest BCUT2D eigenvalue weighted by atomic mass is 10.3. The number of carbonyl (C=O) groups is 1. The van der Waals surface area contributed by atoms with Gasteiger partial charge in [-0.25, -0.2) is 4.98 Å². The molecule has 3 rings (SSSR count). The Kier molecular flexibility index (Phi) is 5.30. The molecule has 0 aromatic carbocycles. The summed E-state index contributed by atoms with van der Waals surface area (Å²) >= 11 is 1.50. The van der Waals surface area contributed by atoms with Crippen LogP contribution in [0, 0.1) is 13.8 Å². The third-order valence-corrected chi connectivity index (χ3v) is 5.45. The minimum absolute atomic E-state index is 0.138. The summed E-state index contributed by atoms with van der Waals surface area (Å²) in [5, 5.41) is 5.30. The van der Waals surface area contributed by atoms with E-state index in [9.17, 15) is 4.79 Å². The van der Waals surface area contributed by atoms with Crippen LogP contribution in [0.4, 0.5) is 0 Å². The maximum Gasteiger partial charge on any atom is 0.265 e. The summed E-state index contributed by atoms with van der Waals surface area (Å²) < 4.78 is 1.96. The van der Waals surface area contributed by atoms with Crippen molar-refractivity contribution in [3.63, 3.8) is 0 Å². The SMILES string of the molecule is CCn1cc(CN2CCCN(C(=O)c3sc(C)nc3C)CC2)cn1. The Hall–Kier alpha value is -1.73. The van der Waals surface area contributed by atoms with E-state index in [-0.39, 0.29) is 5.91 Å². The Balaban J connectivity index is 1.60. The second-order valence-corrected chi connectivity index (χ2v) is 7.48. The molecule has 0 radical (unpaired) electrons. The van der Waals surface area contributed by atoms with Crippen LogP contribution in [-0.4, -0.2) is 56.7 Å². The Morgan fingerprint density at radius 2 is 2.08 bits per heavy atom. The van der Waals surface area contributed by atoms with Gasteiger partial charge in [0.05, 0.1) is 16.9 Å². The highest BCUT2D eigenvalue weighted by Crippen LogP contribution is 2.20. The lowest BCUT2D eigenvalue weighted by molar-refractivity contribution is 0.0765. The Labute approximate surface area is 147 Å². The molecular weight excluding hydrogens is 322 g/mol. The molecule has 0 bridgehead atoms. The molecule has 1 amide bonds. The van der Waals surface area contributed by atoms with Crippen LogP contribution in [0.5, 0.6) is 0 Å². The maximum absolute atomic E-state index is 12.8. The predicted octanol–water partition coefficient (Wildman–Crippen LogP) is 2.32. The largest absolute Gasteiger partial charge is 0.337 e. The second kappa shape index (κ2) is 7.44. The van der Waals surface area contributed by atoms with E-state index in [1.54, 1.807) is 0 Å². The van der Waals surface area contributed by atoms with Crippen LogP contribution in [0.25, 0.3) is 0 Å². The lowest BCUT2D eigenvalue weighted by Gasteiger charge is -2.21. The number of carbonyl (C=O) groups excluding carboxylic acids is 1. The van der Waals surface area contributed by atoms with Crippen LogP contribution in [-0.2, 0) is 13.1 Å². The molecule has 0 spiro atoms. The minimum atomic E-state index is 0.138. The second-order valence-electron chi connectivity index (χ2n) is 6.27. The number of thiazole rings is 1. The van der Waals surface area contributed by atoms with Crippen molar-refractivity contribution in [2.45, 2.75) is 40.3 Å². The van der Waals surface area contributed by atoms with E-state index in [2.05, 4.69) is 28.1 Å². The zero-order valence-corrected chi connectivity index (χ0v) is 15.5. The van der Waals surface area contributed by atoms with Gasteiger partial charge in [0, 0.05) is 51.0 Å². The summed E-state index contributed by atoms with van der Waals surface area (Å²) in [5.41, 5.74) is 2.10. The summed E-state index contributed by atoms with van der Waals surface area (Å²) in [4.78, 5) is 22.3. The van der Waals surface area contributed by atoms with Gasteiger partial charge >= 0.3 is 0 Å². The van der Waals surface area contributed by atoms with E-state index in [0.29, 0.717) is 0 Å². The monoisotopic (exact) mass is 347 g/mol. The standard InChI is InChI=1S/C17H25N5OS/c1-4-22-12-15(10-18-22)11-20-6-5-7-21(9-8-20)17(23)16-13(2)19-14(3)24-16/h10,12H,4-9,11H2,1-3H3. The fraction of sp³-hybridized carbons (Fsp3) is 0.588. The third-order valence-electron chi connectivity index (χ3n) is 4.39. The van der Waals surface area contributed by atoms with Crippen LogP contribution < -0.4 is 0 Å². The Morgan fingerprint density at radius 1 is 1.25 bits per heavy atom. The molecular formula is C17H25N5OS. The molecule has 6 nitrogen and oxygen atoms in total. The van der Waals surface area contributed by atoms with Crippen LogP contribution in [0.15, 0.2) is 12.4 Å². The van der Waals surface area contributed by atoms with Gasteiger partial charge in [0.25, 0.3) is 5.91 Å². The molecule has 1 fully saturated rings. The first-order valence-electron chi connectivity index (χ1n) is 8.53. The van der Waals surface area contributed by atoms with Crippen molar-refractivity contribution >= 4 is 17.2 Å². The van der Waals surface area contributed by atoms with Gasteiger partial charge in [-0.3, -0.25) is 14.4 Å². The van der Waals surface area contributed by atoms with Crippen LogP contribution >= 0.6 is 11.3 Å². The molecule has 0 atom stereocenters. The highest BCUT2D eigenvalue weighted by molar-refractivity contribution is 7.13. The smallest absolute Gasteiger partial charge is 0.265 e. The van der Waals surface area contributed by atoms with E-state index in [4.69, 9.17) is 0 Å². The Bertz CT molecular complexity index is 708. The van der Waals surface area contributed by atoms with Crippen molar-refractivity contribution in [2.24, 2.45) is 0 Å². The van der Waals surface area contributed by atoms with E-state index >= 15 is 0 Å². The zero-order chi connectivity index (χ0) is 17.1. The molecule has 1 aliphatic heterocycles. The number of aryl methyl sites for hydroxylation is 3. The van der Waals surface area contributed by atoms with Gasteiger partial charge in [0.1, 0.15) is 4.88 Å². The number of hydrogen-bond donors (Lipinski definition) is 0. The van der Waals surface area contributed by atoms with Crippen molar-refractivity contribution in [2.75, 3.05) is 26.2 Å². The number of rotatable bonds is 4. The zero-order valence-electron chi connectivity index (χ0n) is 14.7. The van der Waals surface area contributed by atoms with Crippen molar-refractivity contribution in [1.82, 2.24) is 24.6 Å². The highest BCUT2D eigenvalue weighted by atomic mass is 32.1. The maximum atomic E-state index is 12.8. The summed E-state index contributed by atoms with van der Waals surface area (Å²) in [6.45, 7) is 11.3. The molecule has 3 heterocycles. The summed E-state index contributed by atoms with van der Waals surface area (Å²) in [6.07, 6.45) is 5.06. The molecule has 2 aromatic rings. The van der Waals surface area contributed by atoms with Crippen molar-refractivity contribution in [1.29, 1.82) is 0 Å². The Morgan fingerprint density at radius 3 is 2.75 bits per heavy atom. The van der Waals surface area contributed by atoms with Crippen LogP contribution in [0.2, 0.25) is 0 Å². The summed E-state index contributed by atoms with van der Waals surface area (Å²) in [6, 6.07) is 0. The fourth-order valence-electron chi connectivity index (χ4n) is 3.12. The quantitative estimate of drug-likeness (QED) is 0.852. The minimum Gasteiger partial charge on any atom is -0.337 e. The average Bonchev–Trinajstić information content (AvgIpc) is 3.06. The van der Waals surface area contributed by atoms with Gasteiger partial charge in [0.15, 0.2) is 0 Å². The molecule has 0 saturated carbocycles. The first kappa shape index (κ1) is 17.1. The summed E-state index contributed by atoms with van der Waals surface area (Å²) in [7, 11) is 0. The molecule has 1 saturated heterocycles. The average molecular weight is 347 g/mol. The van der Waals surface area contributed by atoms with Gasteiger partial charge in [0.2, 0.25) is 0 Å². The van der Waals surface area contributed by atoms with Crippen molar-refractivity contribution in [3.8, 4) is 0 Å². The van der Waals surface area contributed by atoms with Gasteiger partial charge in [-0.05, 0) is 27.2 Å². The van der Waals surface area contributed by atoms with Crippen LogP contribution in [0.1, 0.15) is 39.3 Å². The predicted molar refractivity (Wildman–Crippen MR) is 95.3 cm³/mol. The molecule has 24 heavy (non-hydrogen) atoms. The van der Waals surface area contributed by atoms with Crippen molar-refractivity contribution < 1.29 is 4.79 Å². The number of aromatic nitrogens is 3. The van der Waals surface area contributed by atoms with Gasteiger partial charge in [-0.1, -0.05) is 0 Å². The molecule has 0 unspecified atom stereocenters. The highest BCUT2D eigenvalue weighted by Gasteiger charge is 2.23. The molecule has 2 aromatic heterocycles. The van der Waals surface area contributed by atoms with Crippen molar-refractivity contribution in [3.05, 3.63) is 33.5 Å². The molecule has 0 N–H and O–H groups in total. The number of amides is 1. The van der Waals surface area contributed by atoms with E-state index in [1.807, 2.05) is 29.6 Å². The van der Waals surface area contributed by atoms with E-state index in [1.165, 1.54) is 16.9 Å². The van der Waals surface area contributed by atoms with Crippen LogP contribution in [0.3, 0.4) is 0 Å². The number of nitrogens with zero attached hydrogens (tertiary/aromatic N) is 5. The fourth-order valence-corrected chi connectivity index (χ4v) is 4.01. The molecule has 7 heteroatoms. The van der Waals surface area contributed by atoms with E-state index < -0.39 is 0 Å². The van der Waals surface area contributed by atoms with E-state index in [0.717, 1.165) is 61.3 Å². The summed E-state index contributed by atoms with van der Waals surface area (Å²) in [5.74, 6) is 0.138. The van der Waals surface area contributed by atoms with Gasteiger partial charge in [-0.15, -0.1) is 11.3 Å². The normalized spacial score (nSPS) is 16.4. The lowest BCUT2D eigenvalue weighted by Crippen LogP contribution is -2.35. The molecule has 130 valence electrons. The van der Waals surface area contributed by atoms with Gasteiger partial charge < -0.3 is 4.90 Å². The number of hydrogen-bond acceptors (Lipinski definition) is 5. The molecule has 1 aliphatic rings. The third kappa shape index (κ3) is 3.84. The topological polar surface area (TPSA) is 54.3 Å². The first-order chi connectivity index (χ1) is 11.6.